The van der Waals surface area contributed by atoms with Crippen LogP contribution in [0.5, 0.6) is 0 Å². The smallest absolute Gasteiger partial charge is 0.0110 e. The minimum absolute atomic E-state index is 0.749. The monoisotopic (exact) mass is 214 g/mol. The third-order valence-electron chi connectivity index (χ3n) is 4.01. The molecule has 2 unspecified atom stereocenters. The highest BCUT2D eigenvalue weighted by Gasteiger charge is 2.29. The Morgan fingerprint density at radius 2 is 1.71 bits per heavy atom. The van der Waals surface area contributed by atoms with Crippen LogP contribution < -0.4 is 0 Å². The van der Waals surface area contributed by atoms with E-state index in [-0.39, 0.29) is 0 Å². The third kappa shape index (κ3) is 4.16. The molecule has 0 N–H and O–H groups in total. The maximum atomic E-state index is 2.40. The maximum absolute atomic E-state index is 2.40. The first-order valence-corrected chi connectivity index (χ1v) is 7.64. The van der Waals surface area contributed by atoms with E-state index in [1.54, 1.807) is 0 Å². The molecule has 0 aliphatic heterocycles. The summed E-state index contributed by atoms with van der Waals surface area (Å²) >= 11 is 0. The summed E-state index contributed by atoms with van der Waals surface area (Å²) in [5, 5.41) is 0.749. The first-order chi connectivity index (χ1) is 6.64. The summed E-state index contributed by atoms with van der Waals surface area (Å²) in [5.74, 6) is 1.01. The lowest BCUT2D eigenvalue weighted by atomic mass is 9.80. The number of hydrogen-bond acceptors (Lipinski definition) is 0. The van der Waals surface area contributed by atoms with Gasteiger partial charge < -0.3 is 0 Å². The van der Waals surface area contributed by atoms with Gasteiger partial charge in [0.05, 0.1) is 0 Å². The van der Waals surface area contributed by atoms with Crippen molar-refractivity contribution in [2.45, 2.75) is 77.7 Å². The van der Waals surface area contributed by atoms with Crippen molar-refractivity contribution in [1.82, 2.24) is 0 Å². The summed E-state index contributed by atoms with van der Waals surface area (Å²) in [6.45, 7) is 9.44. The van der Waals surface area contributed by atoms with Gasteiger partial charge >= 0.3 is 0 Å². The van der Waals surface area contributed by atoms with Gasteiger partial charge in [-0.1, -0.05) is 72.6 Å². The highest BCUT2D eigenvalue weighted by molar-refractivity contribution is 6.15. The lowest BCUT2D eigenvalue weighted by molar-refractivity contribution is 0.290. The van der Waals surface area contributed by atoms with E-state index in [0.29, 0.717) is 0 Å². The SMILES string of the molecule is CCCCC(CC)C([SiH3])(CC)CCC. The second-order valence-corrected chi connectivity index (χ2v) is 7.00. The fourth-order valence-electron chi connectivity index (χ4n) is 2.74. The van der Waals surface area contributed by atoms with Crippen LogP contribution in [0, 0.1) is 5.92 Å². The molecule has 0 heterocycles. The van der Waals surface area contributed by atoms with Gasteiger partial charge in [-0.3, -0.25) is 0 Å². The molecule has 0 aromatic rings. The average molecular weight is 214 g/mol. The second kappa shape index (κ2) is 7.50. The largest absolute Gasteiger partial charge is 0.0654 e. The van der Waals surface area contributed by atoms with Crippen molar-refractivity contribution in [3.8, 4) is 0 Å². The molecule has 0 saturated carbocycles. The Hall–Kier alpha value is 0.217. The molecule has 2 atom stereocenters. The van der Waals surface area contributed by atoms with Crippen LogP contribution in [0.4, 0.5) is 0 Å². The van der Waals surface area contributed by atoms with E-state index in [1.807, 2.05) is 0 Å². The van der Waals surface area contributed by atoms with Crippen LogP contribution in [0.3, 0.4) is 0 Å². The fourth-order valence-corrected chi connectivity index (χ4v) is 3.93. The lowest BCUT2D eigenvalue weighted by Gasteiger charge is -2.37. The van der Waals surface area contributed by atoms with Crippen molar-refractivity contribution < 1.29 is 0 Å². The molecule has 86 valence electrons. The molecule has 14 heavy (non-hydrogen) atoms. The highest BCUT2D eigenvalue weighted by atomic mass is 28.1. The van der Waals surface area contributed by atoms with Crippen molar-refractivity contribution >= 4 is 10.2 Å². The molecular formula is C13H30Si. The average Bonchev–Trinajstić information content (AvgIpc) is 2.19. The molecule has 0 fully saturated rings. The zero-order valence-electron chi connectivity index (χ0n) is 11.0. The zero-order valence-corrected chi connectivity index (χ0v) is 13.0. The third-order valence-corrected chi connectivity index (χ3v) is 6.04. The Balaban J connectivity index is 4.26. The zero-order chi connectivity index (χ0) is 11.0. The van der Waals surface area contributed by atoms with Crippen LogP contribution in [0.2, 0.25) is 5.04 Å². The Bertz CT molecular complexity index is 133. The van der Waals surface area contributed by atoms with Crippen LogP contribution in [0.1, 0.15) is 72.6 Å². The molecule has 0 aliphatic carbocycles. The van der Waals surface area contributed by atoms with Crippen LogP contribution >= 0.6 is 0 Å². The number of rotatable bonds is 8. The lowest BCUT2D eigenvalue weighted by Crippen LogP contribution is -2.23. The van der Waals surface area contributed by atoms with Gasteiger partial charge in [-0.05, 0) is 11.0 Å². The van der Waals surface area contributed by atoms with Crippen LogP contribution in [-0.4, -0.2) is 10.2 Å². The summed E-state index contributed by atoms with van der Waals surface area (Å²) in [4.78, 5) is 0. The van der Waals surface area contributed by atoms with Gasteiger partial charge in [0.1, 0.15) is 0 Å². The Morgan fingerprint density at radius 3 is 2.07 bits per heavy atom. The minimum atomic E-state index is 0.749. The molecule has 0 saturated heterocycles. The summed E-state index contributed by atoms with van der Waals surface area (Å²) < 4.78 is 0. The summed E-state index contributed by atoms with van der Waals surface area (Å²) in [5.41, 5.74) is 0. The molecule has 1 heteroatoms. The minimum Gasteiger partial charge on any atom is -0.0654 e. The molecule has 0 bridgehead atoms. The number of unbranched alkanes of at least 4 members (excludes halogenated alkanes) is 1. The van der Waals surface area contributed by atoms with E-state index >= 15 is 0 Å². The van der Waals surface area contributed by atoms with E-state index in [0.717, 1.165) is 11.0 Å². The normalized spacial score (nSPS) is 18.0. The predicted octanol–water partition coefficient (Wildman–Crippen LogP) is 3.94. The quantitative estimate of drug-likeness (QED) is 0.537. The van der Waals surface area contributed by atoms with Gasteiger partial charge in [-0.25, -0.2) is 0 Å². The first-order valence-electron chi connectivity index (χ1n) is 6.64. The molecule has 0 aliphatic rings. The highest BCUT2D eigenvalue weighted by Crippen LogP contribution is 2.44. The van der Waals surface area contributed by atoms with Crippen molar-refractivity contribution in [2.75, 3.05) is 0 Å². The molecular weight excluding hydrogens is 184 g/mol. The fraction of sp³-hybridized carbons (Fsp3) is 1.00. The van der Waals surface area contributed by atoms with Gasteiger partial charge in [0.15, 0.2) is 0 Å². The Labute approximate surface area is 94.3 Å². The van der Waals surface area contributed by atoms with Crippen molar-refractivity contribution in [2.24, 2.45) is 5.92 Å². The number of hydrogen-bond donors (Lipinski definition) is 0. The van der Waals surface area contributed by atoms with Gasteiger partial charge in [0.25, 0.3) is 0 Å². The van der Waals surface area contributed by atoms with Crippen molar-refractivity contribution in [3.05, 3.63) is 0 Å². The summed E-state index contributed by atoms with van der Waals surface area (Å²) in [6, 6.07) is 0. The molecule has 0 radical (unpaired) electrons. The molecule has 0 spiro atoms. The van der Waals surface area contributed by atoms with E-state index in [1.165, 1.54) is 55.2 Å². The van der Waals surface area contributed by atoms with Crippen molar-refractivity contribution in [3.63, 3.8) is 0 Å². The van der Waals surface area contributed by atoms with E-state index in [4.69, 9.17) is 0 Å². The van der Waals surface area contributed by atoms with E-state index in [2.05, 4.69) is 27.7 Å². The molecule has 0 aromatic carbocycles. The Morgan fingerprint density at radius 1 is 1.07 bits per heavy atom. The van der Waals surface area contributed by atoms with Gasteiger partial charge in [-0.2, -0.15) is 0 Å². The van der Waals surface area contributed by atoms with Gasteiger partial charge in [0.2, 0.25) is 0 Å². The summed E-state index contributed by atoms with van der Waals surface area (Å²) in [7, 11) is 1.39. The molecule has 0 rings (SSSR count). The standard InChI is InChI=1S/C13H30Si/c1-5-9-10-12(7-3)13(14,8-4)11-6-2/h12H,5-11H2,1-4,14H3. The molecule has 0 nitrogen and oxygen atoms in total. The summed E-state index contributed by atoms with van der Waals surface area (Å²) in [6.07, 6.45) is 9.94. The molecule has 0 aromatic heterocycles. The van der Waals surface area contributed by atoms with Crippen LogP contribution in [0.25, 0.3) is 0 Å². The second-order valence-electron chi connectivity index (χ2n) is 5.00. The van der Waals surface area contributed by atoms with Gasteiger partial charge in [0, 0.05) is 10.2 Å². The predicted molar refractivity (Wildman–Crippen MR) is 71.1 cm³/mol. The van der Waals surface area contributed by atoms with Crippen molar-refractivity contribution in [1.29, 1.82) is 0 Å². The topological polar surface area (TPSA) is 0 Å². The first kappa shape index (κ1) is 14.2. The van der Waals surface area contributed by atoms with Gasteiger partial charge in [-0.15, -0.1) is 0 Å². The van der Waals surface area contributed by atoms with Crippen LogP contribution in [0.15, 0.2) is 0 Å². The van der Waals surface area contributed by atoms with E-state index < -0.39 is 0 Å². The molecule has 0 amide bonds. The Kier molecular flexibility index (Phi) is 7.62. The maximum Gasteiger partial charge on any atom is 0.0110 e. The van der Waals surface area contributed by atoms with E-state index in [9.17, 15) is 0 Å². The van der Waals surface area contributed by atoms with Crippen LogP contribution in [-0.2, 0) is 0 Å².